The number of nitrogens with zero attached hydrogens (tertiary/aromatic N) is 2. The Bertz CT molecular complexity index is 1250. The minimum absolute atomic E-state index is 0.339. The van der Waals surface area contributed by atoms with E-state index in [9.17, 15) is 4.79 Å². The first-order chi connectivity index (χ1) is 13.5. The van der Waals surface area contributed by atoms with Crippen LogP contribution in [0.15, 0.2) is 65.6 Å². The van der Waals surface area contributed by atoms with Gasteiger partial charge in [-0.15, -0.1) is 0 Å². The van der Waals surface area contributed by atoms with E-state index in [4.69, 9.17) is 39.5 Å². The van der Waals surface area contributed by atoms with Crippen molar-refractivity contribution in [3.05, 3.63) is 86.3 Å². The minimum Gasteiger partial charge on any atom is -0.497 e. The van der Waals surface area contributed by atoms with Crippen LogP contribution in [0.2, 0.25) is 15.1 Å². The SMILES string of the molecule is COc1cc(-c2ccccc2Cl)c2cnc(=O)n(-c3c(Cl)cccc3Cl)c2c1. The Hall–Kier alpha value is -2.53. The third-order valence-electron chi connectivity index (χ3n) is 4.43. The number of halogens is 3. The van der Waals surface area contributed by atoms with E-state index >= 15 is 0 Å². The maximum absolute atomic E-state index is 12.7. The summed E-state index contributed by atoms with van der Waals surface area (Å²) in [6.45, 7) is 0. The molecule has 0 N–H and O–H groups in total. The number of hydrogen-bond donors (Lipinski definition) is 0. The summed E-state index contributed by atoms with van der Waals surface area (Å²) in [4.78, 5) is 16.8. The highest BCUT2D eigenvalue weighted by Gasteiger charge is 2.18. The van der Waals surface area contributed by atoms with E-state index < -0.39 is 5.69 Å². The van der Waals surface area contributed by atoms with Gasteiger partial charge in [0.15, 0.2) is 0 Å². The number of aromatic nitrogens is 2. The van der Waals surface area contributed by atoms with E-state index in [1.807, 2.05) is 24.3 Å². The fourth-order valence-corrected chi connectivity index (χ4v) is 3.96. The number of hydrogen-bond acceptors (Lipinski definition) is 3. The molecule has 0 unspecified atom stereocenters. The van der Waals surface area contributed by atoms with Gasteiger partial charge in [0.05, 0.1) is 28.4 Å². The molecule has 0 atom stereocenters. The summed E-state index contributed by atoms with van der Waals surface area (Å²) in [7, 11) is 1.56. The molecule has 0 aliphatic rings. The number of methoxy groups -OCH3 is 1. The number of rotatable bonds is 3. The Morgan fingerprint density at radius 3 is 2.25 bits per heavy atom. The number of ether oxygens (including phenoxy) is 1. The van der Waals surface area contributed by atoms with Crippen LogP contribution < -0.4 is 10.4 Å². The third-order valence-corrected chi connectivity index (χ3v) is 5.37. The normalized spacial score (nSPS) is 11.0. The standard InChI is InChI=1S/C21H13Cl3N2O2/c1-28-12-9-14(13-5-2-3-6-16(13)22)15-11-25-21(27)26(19(15)10-12)20-17(23)7-4-8-18(20)24/h2-11H,1H3. The van der Waals surface area contributed by atoms with Gasteiger partial charge in [-0.3, -0.25) is 4.57 Å². The van der Waals surface area contributed by atoms with Gasteiger partial charge in [-0.05, 0) is 29.8 Å². The van der Waals surface area contributed by atoms with Crippen molar-refractivity contribution in [1.82, 2.24) is 9.55 Å². The van der Waals surface area contributed by atoms with Crippen molar-refractivity contribution in [2.24, 2.45) is 0 Å². The van der Waals surface area contributed by atoms with Crippen LogP contribution in [0.5, 0.6) is 5.75 Å². The van der Waals surface area contributed by atoms with Crippen molar-refractivity contribution >= 4 is 45.7 Å². The lowest BCUT2D eigenvalue weighted by Gasteiger charge is -2.16. The molecule has 0 bridgehead atoms. The average molecular weight is 432 g/mol. The molecular weight excluding hydrogens is 419 g/mol. The topological polar surface area (TPSA) is 44.1 Å². The molecule has 0 radical (unpaired) electrons. The number of para-hydroxylation sites is 1. The van der Waals surface area contributed by atoms with Crippen LogP contribution in [0.3, 0.4) is 0 Å². The predicted octanol–water partition coefficient (Wildman–Crippen LogP) is 6.02. The maximum atomic E-state index is 12.7. The van der Waals surface area contributed by atoms with Gasteiger partial charge in [0.1, 0.15) is 5.75 Å². The van der Waals surface area contributed by atoms with Crippen LogP contribution in [0.25, 0.3) is 27.7 Å². The van der Waals surface area contributed by atoms with Gasteiger partial charge in [0, 0.05) is 28.2 Å². The summed E-state index contributed by atoms with van der Waals surface area (Å²) in [5.41, 5.74) is 2.01. The Kier molecular flexibility index (Phi) is 5.02. The summed E-state index contributed by atoms with van der Waals surface area (Å²) < 4.78 is 6.86. The fraction of sp³-hybridized carbons (Fsp3) is 0.0476. The van der Waals surface area contributed by atoms with E-state index in [2.05, 4.69) is 4.98 Å². The van der Waals surface area contributed by atoms with Crippen molar-refractivity contribution in [2.45, 2.75) is 0 Å². The zero-order valence-electron chi connectivity index (χ0n) is 14.6. The van der Waals surface area contributed by atoms with Gasteiger partial charge < -0.3 is 4.74 Å². The summed E-state index contributed by atoms with van der Waals surface area (Å²) in [6, 6.07) is 16.1. The minimum atomic E-state index is -0.499. The van der Waals surface area contributed by atoms with Gasteiger partial charge in [0.25, 0.3) is 0 Å². The van der Waals surface area contributed by atoms with Crippen LogP contribution in [0, 0.1) is 0 Å². The zero-order chi connectivity index (χ0) is 19.8. The van der Waals surface area contributed by atoms with E-state index in [0.29, 0.717) is 37.4 Å². The molecular formula is C21H13Cl3N2O2. The highest BCUT2D eigenvalue weighted by atomic mass is 35.5. The lowest BCUT2D eigenvalue weighted by atomic mass is 10.0. The summed E-state index contributed by atoms with van der Waals surface area (Å²) in [5.74, 6) is 0.560. The molecule has 0 spiro atoms. The lowest BCUT2D eigenvalue weighted by Crippen LogP contribution is -2.22. The fourth-order valence-electron chi connectivity index (χ4n) is 3.15. The van der Waals surface area contributed by atoms with Gasteiger partial charge >= 0.3 is 5.69 Å². The first kappa shape index (κ1) is 18.8. The maximum Gasteiger partial charge on any atom is 0.352 e. The van der Waals surface area contributed by atoms with Gasteiger partial charge in [-0.1, -0.05) is 59.1 Å². The van der Waals surface area contributed by atoms with Crippen LogP contribution >= 0.6 is 34.8 Å². The molecule has 0 aliphatic heterocycles. The van der Waals surface area contributed by atoms with E-state index in [0.717, 1.165) is 11.1 Å². The molecule has 0 saturated carbocycles. The number of fused-ring (bicyclic) bond motifs is 1. The molecule has 1 heterocycles. The van der Waals surface area contributed by atoms with Crippen molar-refractivity contribution in [2.75, 3.05) is 7.11 Å². The second kappa shape index (κ2) is 7.47. The molecule has 4 nitrogen and oxygen atoms in total. The summed E-state index contributed by atoms with van der Waals surface area (Å²) in [6.07, 6.45) is 1.52. The largest absolute Gasteiger partial charge is 0.497 e. The Morgan fingerprint density at radius 1 is 0.893 bits per heavy atom. The van der Waals surface area contributed by atoms with Gasteiger partial charge in [-0.25, -0.2) is 9.78 Å². The van der Waals surface area contributed by atoms with Crippen LogP contribution in [-0.4, -0.2) is 16.7 Å². The first-order valence-corrected chi connectivity index (χ1v) is 9.43. The van der Waals surface area contributed by atoms with E-state index in [-0.39, 0.29) is 0 Å². The molecule has 0 fully saturated rings. The van der Waals surface area contributed by atoms with Gasteiger partial charge in [0.2, 0.25) is 0 Å². The second-order valence-corrected chi connectivity index (χ2v) is 7.26. The molecule has 4 rings (SSSR count). The lowest BCUT2D eigenvalue weighted by molar-refractivity contribution is 0.415. The molecule has 4 aromatic rings. The Morgan fingerprint density at radius 2 is 1.57 bits per heavy atom. The molecule has 0 saturated heterocycles. The number of benzene rings is 3. The zero-order valence-corrected chi connectivity index (χ0v) is 16.9. The van der Waals surface area contributed by atoms with E-state index in [1.54, 1.807) is 37.4 Å². The van der Waals surface area contributed by atoms with Crippen molar-refractivity contribution in [3.8, 4) is 22.6 Å². The van der Waals surface area contributed by atoms with Crippen LogP contribution in [0.1, 0.15) is 0 Å². The predicted molar refractivity (Wildman–Crippen MR) is 114 cm³/mol. The van der Waals surface area contributed by atoms with Crippen molar-refractivity contribution < 1.29 is 4.74 Å². The summed E-state index contributed by atoms with van der Waals surface area (Å²) >= 11 is 19.2. The second-order valence-electron chi connectivity index (χ2n) is 6.03. The third kappa shape index (κ3) is 3.14. The van der Waals surface area contributed by atoms with Crippen LogP contribution in [-0.2, 0) is 0 Å². The Labute approximate surface area is 175 Å². The molecule has 28 heavy (non-hydrogen) atoms. The average Bonchev–Trinajstić information content (AvgIpc) is 2.69. The van der Waals surface area contributed by atoms with Crippen LogP contribution in [0.4, 0.5) is 0 Å². The molecule has 140 valence electrons. The highest BCUT2D eigenvalue weighted by molar-refractivity contribution is 6.38. The molecule has 7 heteroatoms. The smallest absolute Gasteiger partial charge is 0.352 e. The quantitative estimate of drug-likeness (QED) is 0.398. The summed E-state index contributed by atoms with van der Waals surface area (Å²) in [5, 5.41) is 1.96. The Balaban J connectivity index is 2.17. The van der Waals surface area contributed by atoms with Crippen molar-refractivity contribution in [3.63, 3.8) is 0 Å². The first-order valence-electron chi connectivity index (χ1n) is 8.30. The molecule has 3 aromatic carbocycles. The van der Waals surface area contributed by atoms with Crippen molar-refractivity contribution in [1.29, 1.82) is 0 Å². The monoisotopic (exact) mass is 430 g/mol. The molecule has 0 amide bonds. The molecule has 0 aliphatic carbocycles. The van der Waals surface area contributed by atoms with Gasteiger partial charge in [-0.2, -0.15) is 0 Å². The van der Waals surface area contributed by atoms with E-state index in [1.165, 1.54) is 10.8 Å². The highest BCUT2D eigenvalue weighted by Crippen LogP contribution is 2.37. The molecule has 1 aromatic heterocycles.